The van der Waals surface area contributed by atoms with Gasteiger partial charge in [-0.25, -0.2) is 0 Å². The van der Waals surface area contributed by atoms with E-state index in [0.717, 1.165) is 42.9 Å². The molecular weight excluding hydrogens is 356 g/mol. The fourth-order valence-electron chi connectivity index (χ4n) is 5.38. The lowest BCUT2D eigenvalue weighted by molar-refractivity contribution is -0.136. The molecule has 3 amide bonds. The van der Waals surface area contributed by atoms with Crippen molar-refractivity contribution in [2.24, 2.45) is 17.1 Å². The second kappa shape index (κ2) is 6.39. The van der Waals surface area contributed by atoms with E-state index in [1.807, 2.05) is 18.2 Å². The number of fused-ring (bicyclic) bond motifs is 1. The van der Waals surface area contributed by atoms with Gasteiger partial charge in [0.05, 0.1) is 0 Å². The molecule has 3 fully saturated rings. The summed E-state index contributed by atoms with van der Waals surface area (Å²) in [6.07, 6.45) is 3.20. The van der Waals surface area contributed by atoms with Crippen molar-refractivity contribution in [2.75, 3.05) is 19.6 Å². The van der Waals surface area contributed by atoms with Gasteiger partial charge in [0.1, 0.15) is 6.04 Å². The number of hydrogen-bond donors (Lipinski definition) is 2. The van der Waals surface area contributed by atoms with E-state index in [-0.39, 0.29) is 24.1 Å². The summed E-state index contributed by atoms with van der Waals surface area (Å²) in [5.41, 5.74) is 9.16. The molecule has 5 rings (SSSR count). The standard InChI is InChI=1S/C21H26N4O3/c22-8-15-11-24(12-21(15)6-7-21)9-13-2-1-3-14-10-25(20(28)18(13)14)16-4-5-17(26)23-19(16)27/h1-3,15-16H,4-12,22H2,(H,23,26,27). The van der Waals surface area contributed by atoms with E-state index in [9.17, 15) is 14.4 Å². The Balaban J connectivity index is 1.36. The van der Waals surface area contributed by atoms with Crippen LogP contribution < -0.4 is 11.1 Å². The first kappa shape index (κ1) is 17.8. The smallest absolute Gasteiger partial charge is 0.255 e. The summed E-state index contributed by atoms with van der Waals surface area (Å²) < 4.78 is 0. The van der Waals surface area contributed by atoms with Crippen LogP contribution in [0.4, 0.5) is 0 Å². The fraction of sp³-hybridized carbons (Fsp3) is 0.571. The van der Waals surface area contributed by atoms with Crippen molar-refractivity contribution >= 4 is 17.7 Å². The average Bonchev–Trinajstić information content (AvgIpc) is 3.24. The summed E-state index contributed by atoms with van der Waals surface area (Å²) in [4.78, 5) is 41.0. The Morgan fingerprint density at radius 2 is 2.04 bits per heavy atom. The molecule has 1 spiro atoms. The van der Waals surface area contributed by atoms with E-state index in [2.05, 4.69) is 10.2 Å². The highest BCUT2D eigenvalue weighted by atomic mass is 16.2. The Hall–Kier alpha value is -2.25. The number of nitrogens with one attached hydrogen (secondary N) is 1. The first-order valence-electron chi connectivity index (χ1n) is 10.2. The first-order valence-corrected chi connectivity index (χ1v) is 10.2. The highest BCUT2D eigenvalue weighted by Gasteiger charge is 2.54. The maximum atomic E-state index is 13.2. The Morgan fingerprint density at radius 1 is 1.21 bits per heavy atom. The number of amides is 3. The van der Waals surface area contributed by atoms with Crippen LogP contribution in [0.15, 0.2) is 18.2 Å². The molecule has 0 radical (unpaired) electrons. The van der Waals surface area contributed by atoms with Gasteiger partial charge in [-0.05, 0) is 48.3 Å². The minimum atomic E-state index is -0.561. The normalized spacial score (nSPS) is 28.8. The number of carbonyl (C=O) groups is 3. The molecule has 3 heterocycles. The third-order valence-electron chi connectivity index (χ3n) is 7.09. The molecule has 3 aliphatic heterocycles. The van der Waals surface area contributed by atoms with Crippen molar-refractivity contribution in [1.29, 1.82) is 0 Å². The largest absolute Gasteiger partial charge is 0.330 e. The lowest BCUT2D eigenvalue weighted by Crippen LogP contribution is -2.52. The molecule has 2 saturated heterocycles. The van der Waals surface area contributed by atoms with Gasteiger partial charge in [-0.2, -0.15) is 0 Å². The van der Waals surface area contributed by atoms with Crippen molar-refractivity contribution < 1.29 is 14.4 Å². The van der Waals surface area contributed by atoms with Crippen LogP contribution in [0.5, 0.6) is 0 Å². The molecule has 4 aliphatic rings. The van der Waals surface area contributed by atoms with Crippen LogP contribution in [0, 0.1) is 11.3 Å². The van der Waals surface area contributed by atoms with Crippen LogP contribution >= 0.6 is 0 Å². The third-order valence-corrected chi connectivity index (χ3v) is 7.09. The topological polar surface area (TPSA) is 95.7 Å². The zero-order chi connectivity index (χ0) is 19.5. The number of rotatable bonds is 4. The Kier molecular flexibility index (Phi) is 4.07. The number of imide groups is 1. The van der Waals surface area contributed by atoms with Crippen LogP contribution in [0.25, 0.3) is 0 Å². The Labute approximate surface area is 164 Å². The molecule has 2 atom stereocenters. The van der Waals surface area contributed by atoms with E-state index in [0.29, 0.717) is 24.3 Å². The van der Waals surface area contributed by atoms with Crippen molar-refractivity contribution in [3.8, 4) is 0 Å². The van der Waals surface area contributed by atoms with Gasteiger partial charge in [0.25, 0.3) is 5.91 Å². The predicted molar refractivity (Wildman–Crippen MR) is 102 cm³/mol. The quantitative estimate of drug-likeness (QED) is 0.745. The highest BCUT2D eigenvalue weighted by Crippen LogP contribution is 2.56. The third kappa shape index (κ3) is 2.76. The minimum absolute atomic E-state index is 0.0872. The van der Waals surface area contributed by atoms with E-state index < -0.39 is 6.04 Å². The van der Waals surface area contributed by atoms with Crippen molar-refractivity contribution in [2.45, 2.75) is 44.8 Å². The lowest BCUT2D eigenvalue weighted by atomic mass is 9.93. The van der Waals surface area contributed by atoms with Crippen LogP contribution in [-0.4, -0.2) is 53.2 Å². The van der Waals surface area contributed by atoms with E-state index in [4.69, 9.17) is 5.73 Å². The van der Waals surface area contributed by atoms with Crippen molar-refractivity contribution in [3.05, 3.63) is 34.9 Å². The van der Waals surface area contributed by atoms with Gasteiger partial charge >= 0.3 is 0 Å². The second-order valence-corrected chi connectivity index (χ2v) is 8.82. The number of nitrogens with zero attached hydrogens (tertiary/aromatic N) is 2. The van der Waals surface area contributed by atoms with Gasteiger partial charge in [0.15, 0.2) is 0 Å². The van der Waals surface area contributed by atoms with Gasteiger partial charge in [-0.15, -0.1) is 0 Å². The lowest BCUT2D eigenvalue weighted by Gasteiger charge is -2.29. The zero-order valence-corrected chi connectivity index (χ0v) is 15.9. The number of nitrogens with two attached hydrogens (primary N) is 1. The van der Waals surface area contributed by atoms with Gasteiger partial charge in [0, 0.05) is 38.2 Å². The van der Waals surface area contributed by atoms with Crippen LogP contribution in [-0.2, 0) is 22.7 Å². The number of hydrogen-bond acceptors (Lipinski definition) is 5. The molecule has 7 nitrogen and oxygen atoms in total. The molecule has 1 aromatic rings. The van der Waals surface area contributed by atoms with Gasteiger partial charge in [-0.3, -0.25) is 24.6 Å². The first-order chi connectivity index (χ1) is 13.5. The highest BCUT2D eigenvalue weighted by molar-refractivity contribution is 6.05. The van der Waals surface area contributed by atoms with Crippen LogP contribution in [0.2, 0.25) is 0 Å². The second-order valence-electron chi connectivity index (χ2n) is 8.82. The summed E-state index contributed by atoms with van der Waals surface area (Å²) in [7, 11) is 0. The van der Waals surface area contributed by atoms with Crippen molar-refractivity contribution in [1.82, 2.24) is 15.1 Å². The average molecular weight is 382 g/mol. The summed E-state index contributed by atoms with van der Waals surface area (Å²) in [6.45, 7) is 3.96. The molecule has 7 heteroatoms. The molecule has 1 aliphatic carbocycles. The van der Waals surface area contributed by atoms with E-state index >= 15 is 0 Å². The van der Waals surface area contributed by atoms with E-state index in [1.54, 1.807) is 4.90 Å². The molecule has 2 unspecified atom stereocenters. The van der Waals surface area contributed by atoms with Crippen LogP contribution in [0.1, 0.15) is 47.2 Å². The Morgan fingerprint density at radius 3 is 2.71 bits per heavy atom. The summed E-state index contributed by atoms with van der Waals surface area (Å²) in [5.74, 6) is -0.153. The number of benzene rings is 1. The molecule has 28 heavy (non-hydrogen) atoms. The number of likely N-dealkylation sites (tertiary alicyclic amines) is 1. The number of carbonyl (C=O) groups excluding carboxylic acids is 3. The monoisotopic (exact) mass is 382 g/mol. The summed E-state index contributed by atoms with van der Waals surface area (Å²) in [5, 5.41) is 2.36. The molecule has 1 saturated carbocycles. The molecule has 0 bridgehead atoms. The molecule has 0 aromatic heterocycles. The minimum Gasteiger partial charge on any atom is -0.330 e. The molecule has 3 N–H and O–H groups in total. The maximum Gasteiger partial charge on any atom is 0.255 e. The number of piperidine rings is 1. The van der Waals surface area contributed by atoms with Crippen molar-refractivity contribution in [3.63, 3.8) is 0 Å². The summed E-state index contributed by atoms with van der Waals surface area (Å²) >= 11 is 0. The van der Waals surface area contributed by atoms with Gasteiger partial charge < -0.3 is 10.6 Å². The van der Waals surface area contributed by atoms with Gasteiger partial charge in [-0.1, -0.05) is 18.2 Å². The molecular formula is C21H26N4O3. The zero-order valence-electron chi connectivity index (χ0n) is 15.9. The SMILES string of the molecule is NCC1CN(Cc2cccc3c2C(=O)N(C2CCC(=O)NC2=O)C3)CC12CC2. The molecule has 148 valence electrons. The molecule has 1 aromatic carbocycles. The predicted octanol–water partition coefficient (Wildman–Crippen LogP) is 0.618. The van der Waals surface area contributed by atoms with Crippen LogP contribution in [0.3, 0.4) is 0 Å². The maximum absolute atomic E-state index is 13.2. The fourth-order valence-corrected chi connectivity index (χ4v) is 5.38. The van der Waals surface area contributed by atoms with Gasteiger partial charge in [0.2, 0.25) is 11.8 Å². The van der Waals surface area contributed by atoms with E-state index in [1.165, 1.54) is 12.8 Å². The Bertz CT molecular complexity index is 863. The summed E-state index contributed by atoms with van der Waals surface area (Å²) in [6, 6.07) is 5.44.